The molecule has 2 aliphatic rings. The minimum absolute atomic E-state index is 0.00486. The molecule has 0 aliphatic carbocycles. The lowest BCUT2D eigenvalue weighted by Crippen LogP contribution is -2.50. The average Bonchev–Trinajstić information content (AvgIpc) is 2.63. The third-order valence-electron chi connectivity index (χ3n) is 3.15. The number of fused-ring (bicyclic) bond motifs is 1. The van der Waals surface area contributed by atoms with Gasteiger partial charge in [0, 0.05) is 25.7 Å². The number of carbonyl (C=O) groups is 1. The molecule has 2 atom stereocenters. The van der Waals surface area contributed by atoms with Crippen LogP contribution in [0.3, 0.4) is 0 Å². The molecule has 0 aromatic rings. The number of nitrogens with zero attached hydrogens (tertiary/aromatic N) is 1. The summed E-state index contributed by atoms with van der Waals surface area (Å²) in [4.78, 5) is 12.5. The Bertz CT molecular complexity index is 235. The van der Waals surface area contributed by atoms with Crippen molar-refractivity contribution >= 4 is 5.91 Å². The first-order chi connectivity index (χ1) is 6.70. The van der Waals surface area contributed by atoms with Crippen LogP contribution in [0.5, 0.6) is 0 Å². The smallest absolute Gasteiger partial charge is 0.315 e. The van der Waals surface area contributed by atoms with Gasteiger partial charge in [0.15, 0.2) is 0 Å². The largest absolute Gasteiger partial charge is 0.333 e. The molecule has 0 aromatic heterocycles. The fourth-order valence-corrected chi connectivity index (χ4v) is 2.47. The minimum Gasteiger partial charge on any atom is -0.333 e. The van der Waals surface area contributed by atoms with Crippen molar-refractivity contribution in [1.29, 1.82) is 0 Å². The van der Waals surface area contributed by atoms with Gasteiger partial charge in [-0.15, -0.1) is 0 Å². The number of nitrogens with one attached hydrogen (secondary N) is 1. The molecule has 2 rings (SSSR count). The second kappa shape index (κ2) is 3.81. The zero-order valence-electron chi connectivity index (χ0n) is 7.88. The van der Waals surface area contributed by atoms with E-state index in [-0.39, 0.29) is 6.04 Å². The number of hydrogen-bond acceptors (Lipinski definition) is 2. The highest BCUT2D eigenvalue weighted by Crippen LogP contribution is 2.27. The zero-order valence-corrected chi connectivity index (χ0v) is 7.88. The summed E-state index contributed by atoms with van der Waals surface area (Å²) in [7, 11) is 0. The molecule has 2 aliphatic heterocycles. The Morgan fingerprint density at radius 3 is 2.93 bits per heavy atom. The average molecular weight is 204 g/mol. The van der Waals surface area contributed by atoms with Gasteiger partial charge >= 0.3 is 6.43 Å². The van der Waals surface area contributed by atoms with Crippen LogP contribution in [0.1, 0.15) is 12.8 Å². The molecule has 1 N–H and O–H groups in total. The lowest BCUT2D eigenvalue weighted by Gasteiger charge is -2.36. The van der Waals surface area contributed by atoms with E-state index in [9.17, 15) is 13.6 Å². The fourth-order valence-electron chi connectivity index (χ4n) is 2.47. The van der Waals surface area contributed by atoms with Crippen LogP contribution in [-0.2, 0) is 4.79 Å². The number of rotatable bonds is 1. The molecule has 0 aromatic carbocycles. The van der Waals surface area contributed by atoms with E-state index in [0.29, 0.717) is 19.0 Å². The molecule has 2 unspecified atom stereocenters. The first-order valence-electron chi connectivity index (χ1n) is 4.99. The van der Waals surface area contributed by atoms with Gasteiger partial charge in [-0.2, -0.15) is 8.78 Å². The maximum absolute atomic E-state index is 12.3. The minimum atomic E-state index is -2.85. The second-order valence-corrected chi connectivity index (χ2v) is 3.96. The van der Waals surface area contributed by atoms with Gasteiger partial charge < -0.3 is 10.2 Å². The van der Waals surface area contributed by atoms with E-state index in [1.807, 2.05) is 0 Å². The van der Waals surface area contributed by atoms with E-state index in [0.717, 1.165) is 19.4 Å². The number of likely N-dealkylation sites (tertiary alicyclic amines) is 1. The summed E-state index contributed by atoms with van der Waals surface area (Å²) >= 11 is 0. The topological polar surface area (TPSA) is 32.3 Å². The predicted molar refractivity (Wildman–Crippen MR) is 47.1 cm³/mol. The van der Waals surface area contributed by atoms with Crippen molar-refractivity contribution in [2.75, 3.05) is 19.6 Å². The van der Waals surface area contributed by atoms with Crippen molar-refractivity contribution in [1.82, 2.24) is 10.2 Å². The van der Waals surface area contributed by atoms with Gasteiger partial charge in [-0.25, -0.2) is 0 Å². The Hall–Kier alpha value is -0.710. The molecule has 14 heavy (non-hydrogen) atoms. The molecule has 0 spiro atoms. The van der Waals surface area contributed by atoms with Crippen LogP contribution in [0.25, 0.3) is 0 Å². The summed E-state index contributed by atoms with van der Waals surface area (Å²) in [5.41, 5.74) is 0. The second-order valence-electron chi connectivity index (χ2n) is 3.96. The highest BCUT2D eigenvalue weighted by molar-refractivity contribution is 5.79. The van der Waals surface area contributed by atoms with Crippen LogP contribution in [0.4, 0.5) is 8.78 Å². The van der Waals surface area contributed by atoms with Crippen molar-refractivity contribution in [3.8, 4) is 0 Å². The van der Waals surface area contributed by atoms with Crippen molar-refractivity contribution in [2.24, 2.45) is 5.92 Å². The monoisotopic (exact) mass is 204 g/mol. The van der Waals surface area contributed by atoms with E-state index in [1.165, 1.54) is 4.90 Å². The third-order valence-corrected chi connectivity index (χ3v) is 3.15. The van der Waals surface area contributed by atoms with Gasteiger partial charge in [-0.1, -0.05) is 0 Å². The summed E-state index contributed by atoms with van der Waals surface area (Å²) in [5, 5.41) is 3.15. The summed E-state index contributed by atoms with van der Waals surface area (Å²) < 4.78 is 24.5. The molecule has 80 valence electrons. The predicted octanol–water partition coefficient (Wildman–Crippen LogP) is 0.462. The molecule has 2 saturated heterocycles. The Labute approximate surface area is 81.4 Å². The van der Waals surface area contributed by atoms with Crippen LogP contribution in [0.2, 0.25) is 0 Å². The summed E-state index contributed by atoms with van der Waals surface area (Å²) in [5.74, 6) is -0.616. The third kappa shape index (κ3) is 1.61. The lowest BCUT2D eigenvalue weighted by molar-refractivity contribution is -0.147. The van der Waals surface area contributed by atoms with E-state index in [2.05, 4.69) is 5.32 Å². The number of amides is 1. The number of halogens is 2. The van der Waals surface area contributed by atoms with E-state index < -0.39 is 12.3 Å². The Morgan fingerprint density at radius 1 is 1.43 bits per heavy atom. The Kier molecular flexibility index (Phi) is 2.67. The van der Waals surface area contributed by atoms with Crippen LogP contribution >= 0.6 is 0 Å². The highest BCUT2D eigenvalue weighted by atomic mass is 19.3. The maximum Gasteiger partial charge on any atom is 0.315 e. The molecular formula is C9H14F2N2O. The van der Waals surface area contributed by atoms with Crippen LogP contribution < -0.4 is 5.32 Å². The number of alkyl halides is 2. The van der Waals surface area contributed by atoms with E-state index >= 15 is 0 Å². The van der Waals surface area contributed by atoms with Gasteiger partial charge in [0.1, 0.15) is 0 Å². The first-order valence-corrected chi connectivity index (χ1v) is 4.99. The zero-order chi connectivity index (χ0) is 10.1. The van der Waals surface area contributed by atoms with E-state index in [4.69, 9.17) is 0 Å². The van der Waals surface area contributed by atoms with Crippen LogP contribution in [-0.4, -0.2) is 42.9 Å². The lowest BCUT2D eigenvalue weighted by atomic mass is 9.92. The Balaban J connectivity index is 2.06. The summed E-state index contributed by atoms with van der Waals surface area (Å²) in [6.45, 7) is 2.02. The Morgan fingerprint density at radius 2 is 2.21 bits per heavy atom. The number of piperidine rings is 1. The van der Waals surface area contributed by atoms with Crippen LogP contribution in [0, 0.1) is 5.92 Å². The number of hydrogen-bond donors (Lipinski definition) is 1. The maximum atomic E-state index is 12.3. The normalized spacial score (nSPS) is 32.1. The number of carbonyl (C=O) groups excluding carboxylic acids is 1. The molecular weight excluding hydrogens is 190 g/mol. The standard InChI is InChI=1S/C9H14F2N2O/c10-8(11)9(14)13-3-1-2-6-4-12-5-7(6)13/h6-8,12H,1-5H2. The van der Waals surface area contributed by atoms with E-state index in [1.54, 1.807) is 0 Å². The highest BCUT2D eigenvalue weighted by Gasteiger charge is 2.39. The molecule has 0 saturated carbocycles. The molecule has 0 radical (unpaired) electrons. The molecule has 5 heteroatoms. The van der Waals surface area contributed by atoms with Crippen molar-refractivity contribution < 1.29 is 13.6 Å². The molecule has 1 amide bonds. The molecule has 2 heterocycles. The van der Waals surface area contributed by atoms with Crippen molar-refractivity contribution in [3.05, 3.63) is 0 Å². The van der Waals surface area contributed by atoms with Gasteiger partial charge in [-0.3, -0.25) is 4.79 Å². The first kappa shape index (κ1) is 9.83. The molecule has 3 nitrogen and oxygen atoms in total. The van der Waals surface area contributed by atoms with Gasteiger partial charge in [-0.05, 0) is 18.8 Å². The van der Waals surface area contributed by atoms with Crippen LogP contribution in [0.15, 0.2) is 0 Å². The van der Waals surface area contributed by atoms with Crippen molar-refractivity contribution in [2.45, 2.75) is 25.3 Å². The summed E-state index contributed by atoms with van der Waals surface area (Å²) in [6, 6.07) is 0.00486. The van der Waals surface area contributed by atoms with Crippen molar-refractivity contribution in [3.63, 3.8) is 0 Å². The fraction of sp³-hybridized carbons (Fsp3) is 0.889. The SMILES string of the molecule is O=C(C(F)F)N1CCCC2CNCC21. The quantitative estimate of drug-likeness (QED) is 0.673. The van der Waals surface area contributed by atoms with Gasteiger partial charge in [0.2, 0.25) is 0 Å². The summed E-state index contributed by atoms with van der Waals surface area (Å²) in [6.07, 6.45) is -0.958. The molecule has 2 fully saturated rings. The van der Waals surface area contributed by atoms with Gasteiger partial charge in [0.25, 0.3) is 5.91 Å². The molecule has 0 bridgehead atoms. The van der Waals surface area contributed by atoms with Gasteiger partial charge in [0.05, 0.1) is 0 Å².